The highest BCUT2D eigenvalue weighted by Gasteiger charge is 2.06. The number of ether oxygens (including phenoxy) is 1. The van der Waals surface area contributed by atoms with Gasteiger partial charge in [0, 0.05) is 18.9 Å². The summed E-state index contributed by atoms with van der Waals surface area (Å²) in [6.07, 6.45) is 1.59. The van der Waals surface area contributed by atoms with E-state index in [0.29, 0.717) is 5.56 Å². The van der Waals surface area contributed by atoms with Crippen LogP contribution >= 0.6 is 11.3 Å². The Bertz CT molecular complexity index is 464. The molecule has 0 aliphatic heterocycles. The quantitative estimate of drug-likeness (QED) is 0.724. The van der Waals surface area contributed by atoms with Crippen molar-refractivity contribution in [1.82, 2.24) is 4.98 Å². The molecule has 0 aliphatic rings. The standard InChI is InChI=1S/C10H9NO2S/c1-13-6-9(12)7-4-10-8(11-5-7)2-3-14-10/h2-5H,6H2,1H3. The van der Waals surface area contributed by atoms with Gasteiger partial charge in [0.1, 0.15) is 6.61 Å². The van der Waals surface area contributed by atoms with Crippen LogP contribution in [-0.4, -0.2) is 24.5 Å². The summed E-state index contributed by atoms with van der Waals surface area (Å²) < 4.78 is 5.81. The fourth-order valence-electron chi connectivity index (χ4n) is 1.21. The number of Topliss-reactive ketones (excluding diaryl/α,β-unsaturated/α-hetero) is 1. The Labute approximate surface area is 85.3 Å². The van der Waals surface area contributed by atoms with E-state index >= 15 is 0 Å². The van der Waals surface area contributed by atoms with E-state index in [0.717, 1.165) is 10.2 Å². The number of pyridine rings is 1. The van der Waals surface area contributed by atoms with Crippen molar-refractivity contribution < 1.29 is 9.53 Å². The molecule has 3 nitrogen and oxygen atoms in total. The fourth-order valence-corrected chi connectivity index (χ4v) is 1.99. The molecule has 2 rings (SSSR count). The third-order valence-electron chi connectivity index (χ3n) is 1.90. The Balaban J connectivity index is 2.38. The number of aromatic nitrogens is 1. The lowest BCUT2D eigenvalue weighted by atomic mass is 10.2. The summed E-state index contributed by atoms with van der Waals surface area (Å²) in [7, 11) is 1.51. The molecule has 4 heteroatoms. The molecule has 0 amide bonds. The summed E-state index contributed by atoms with van der Waals surface area (Å²) >= 11 is 1.58. The van der Waals surface area contributed by atoms with Crippen molar-refractivity contribution in [2.24, 2.45) is 0 Å². The van der Waals surface area contributed by atoms with Crippen molar-refractivity contribution in [3.05, 3.63) is 29.3 Å². The van der Waals surface area contributed by atoms with Crippen molar-refractivity contribution in [2.45, 2.75) is 0 Å². The van der Waals surface area contributed by atoms with E-state index in [1.807, 2.05) is 17.5 Å². The smallest absolute Gasteiger partial charge is 0.190 e. The molecule has 0 bridgehead atoms. The minimum absolute atomic E-state index is 0.0321. The van der Waals surface area contributed by atoms with Crippen molar-refractivity contribution >= 4 is 27.3 Å². The maximum Gasteiger partial charge on any atom is 0.190 e. The molecule has 2 aromatic heterocycles. The first-order valence-electron chi connectivity index (χ1n) is 4.16. The molecule has 0 aromatic carbocycles. The number of fused-ring (bicyclic) bond motifs is 1. The van der Waals surface area contributed by atoms with E-state index in [4.69, 9.17) is 4.74 Å². The summed E-state index contributed by atoms with van der Waals surface area (Å²) in [5.74, 6) is -0.0321. The first kappa shape index (κ1) is 9.30. The number of hydrogen-bond acceptors (Lipinski definition) is 4. The second-order valence-corrected chi connectivity index (χ2v) is 3.83. The number of carbonyl (C=O) groups excluding carboxylic acids is 1. The largest absolute Gasteiger partial charge is 0.377 e. The fraction of sp³-hybridized carbons (Fsp3) is 0.200. The molecule has 0 saturated carbocycles. The summed E-state index contributed by atoms with van der Waals surface area (Å²) in [5.41, 5.74) is 1.55. The van der Waals surface area contributed by atoms with E-state index in [9.17, 15) is 4.79 Å². The van der Waals surface area contributed by atoms with Gasteiger partial charge in [0.15, 0.2) is 5.78 Å². The summed E-state index contributed by atoms with van der Waals surface area (Å²) in [6, 6.07) is 3.79. The average Bonchev–Trinajstić information content (AvgIpc) is 2.64. The molecular weight excluding hydrogens is 198 g/mol. The molecule has 0 radical (unpaired) electrons. The van der Waals surface area contributed by atoms with Crippen LogP contribution in [0.4, 0.5) is 0 Å². The number of thiophene rings is 1. The first-order chi connectivity index (χ1) is 6.81. The SMILES string of the molecule is COCC(=O)c1cnc2ccsc2c1. The van der Waals surface area contributed by atoms with Gasteiger partial charge in [-0.3, -0.25) is 9.78 Å². The van der Waals surface area contributed by atoms with E-state index < -0.39 is 0 Å². The monoisotopic (exact) mass is 207 g/mol. The van der Waals surface area contributed by atoms with Gasteiger partial charge in [0.2, 0.25) is 0 Å². The molecule has 72 valence electrons. The van der Waals surface area contributed by atoms with Gasteiger partial charge in [-0.05, 0) is 17.5 Å². The third kappa shape index (κ3) is 1.66. The average molecular weight is 207 g/mol. The van der Waals surface area contributed by atoms with E-state index in [2.05, 4.69) is 4.98 Å². The summed E-state index contributed by atoms with van der Waals surface area (Å²) in [6.45, 7) is 0.110. The minimum atomic E-state index is -0.0321. The van der Waals surface area contributed by atoms with Crippen LogP contribution in [0, 0.1) is 0 Å². The van der Waals surface area contributed by atoms with E-state index in [1.165, 1.54) is 7.11 Å². The number of carbonyl (C=O) groups is 1. The number of methoxy groups -OCH3 is 1. The zero-order valence-corrected chi connectivity index (χ0v) is 8.50. The Hall–Kier alpha value is -1.26. The van der Waals surface area contributed by atoms with E-state index in [-0.39, 0.29) is 12.4 Å². The van der Waals surface area contributed by atoms with Crippen molar-refractivity contribution in [3.63, 3.8) is 0 Å². The van der Waals surface area contributed by atoms with Gasteiger partial charge >= 0.3 is 0 Å². The van der Waals surface area contributed by atoms with Gasteiger partial charge in [-0.15, -0.1) is 11.3 Å². The highest BCUT2D eigenvalue weighted by molar-refractivity contribution is 7.17. The molecule has 0 atom stereocenters. The molecule has 0 fully saturated rings. The summed E-state index contributed by atoms with van der Waals surface area (Å²) in [5, 5.41) is 1.96. The highest BCUT2D eigenvalue weighted by atomic mass is 32.1. The van der Waals surface area contributed by atoms with Gasteiger partial charge in [0.05, 0.1) is 10.2 Å². The normalized spacial score (nSPS) is 10.6. The second kappa shape index (κ2) is 3.86. The Morgan fingerprint density at radius 1 is 1.64 bits per heavy atom. The number of hydrogen-bond donors (Lipinski definition) is 0. The van der Waals surface area contributed by atoms with Gasteiger partial charge in [-0.1, -0.05) is 0 Å². The first-order valence-corrected chi connectivity index (χ1v) is 5.04. The number of ketones is 1. The molecule has 0 N–H and O–H groups in total. The Kier molecular flexibility index (Phi) is 2.56. The number of rotatable bonds is 3. The van der Waals surface area contributed by atoms with Crippen LogP contribution < -0.4 is 0 Å². The lowest BCUT2D eigenvalue weighted by molar-refractivity contribution is 0.0848. The highest BCUT2D eigenvalue weighted by Crippen LogP contribution is 2.19. The van der Waals surface area contributed by atoms with Crippen LogP contribution in [0.2, 0.25) is 0 Å². The predicted octanol–water partition coefficient (Wildman–Crippen LogP) is 2.13. The van der Waals surface area contributed by atoms with Crippen molar-refractivity contribution in [1.29, 1.82) is 0 Å². The topological polar surface area (TPSA) is 39.2 Å². The molecule has 0 unspecified atom stereocenters. The molecule has 2 heterocycles. The zero-order chi connectivity index (χ0) is 9.97. The second-order valence-electron chi connectivity index (χ2n) is 2.88. The zero-order valence-electron chi connectivity index (χ0n) is 7.69. The van der Waals surface area contributed by atoms with Crippen LogP contribution in [-0.2, 0) is 4.74 Å². The lowest BCUT2D eigenvalue weighted by Gasteiger charge is -1.98. The third-order valence-corrected chi connectivity index (χ3v) is 2.75. The van der Waals surface area contributed by atoms with Crippen LogP contribution in [0.5, 0.6) is 0 Å². The molecule has 0 spiro atoms. The van der Waals surface area contributed by atoms with Crippen LogP contribution in [0.1, 0.15) is 10.4 Å². The van der Waals surface area contributed by atoms with Gasteiger partial charge < -0.3 is 4.74 Å². The predicted molar refractivity (Wildman–Crippen MR) is 55.8 cm³/mol. The van der Waals surface area contributed by atoms with Crippen molar-refractivity contribution in [2.75, 3.05) is 13.7 Å². The van der Waals surface area contributed by atoms with Crippen LogP contribution in [0.15, 0.2) is 23.7 Å². The maximum atomic E-state index is 11.4. The lowest BCUT2D eigenvalue weighted by Crippen LogP contribution is -2.06. The molecule has 0 aliphatic carbocycles. The van der Waals surface area contributed by atoms with E-state index in [1.54, 1.807) is 17.5 Å². The van der Waals surface area contributed by atoms with Gasteiger partial charge in [0.25, 0.3) is 0 Å². The van der Waals surface area contributed by atoms with Gasteiger partial charge in [-0.2, -0.15) is 0 Å². The molecular formula is C10H9NO2S. The van der Waals surface area contributed by atoms with Crippen molar-refractivity contribution in [3.8, 4) is 0 Å². The van der Waals surface area contributed by atoms with Crippen LogP contribution in [0.25, 0.3) is 10.2 Å². The minimum Gasteiger partial charge on any atom is -0.377 e. The number of nitrogens with zero attached hydrogens (tertiary/aromatic N) is 1. The van der Waals surface area contributed by atoms with Crippen LogP contribution in [0.3, 0.4) is 0 Å². The summed E-state index contributed by atoms with van der Waals surface area (Å²) in [4.78, 5) is 15.6. The Morgan fingerprint density at radius 2 is 2.50 bits per heavy atom. The van der Waals surface area contributed by atoms with Gasteiger partial charge in [-0.25, -0.2) is 0 Å². The maximum absolute atomic E-state index is 11.4. The molecule has 14 heavy (non-hydrogen) atoms. The molecule has 2 aromatic rings. The Morgan fingerprint density at radius 3 is 3.29 bits per heavy atom. The molecule has 0 saturated heterocycles.